The number of anilines is 1. The molecule has 2 N–H and O–H groups in total. The van der Waals surface area contributed by atoms with Gasteiger partial charge in [0.25, 0.3) is 0 Å². The average molecular weight is 268 g/mol. The number of rotatable bonds is 3. The van der Waals surface area contributed by atoms with Gasteiger partial charge in [-0.25, -0.2) is 0 Å². The maximum absolute atomic E-state index is 7.51. The molecular formula is C18H24N2. The van der Waals surface area contributed by atoms with Crippen molar-refractivity contribution in [2.45, 2.75) is 27.2 Å². The molecule has 20 heavy (non-hydrogen) atoms. The molecule has 0 spiro atoms. The number of hydrogen-bond donors (Lipinski definition) is 2. The van der Waals surface area contributed by atoms with Gasteiger partial charge in [0.15, 0.2) is 0 Å². The highest BCUT2D eigenvalue weighted by molar-refractivity contribution is 5.89. The zero-order valence-electron chi connectivity index (χ0n) is 12.8. The molecule has 1 atom stereocenters. The maximum Gasteiger partial charge on any atom is 0.0426 e. The second-order valence-electron chi connectivity index (χ2n) is 6.42. The summed E-state index contributed by atoms with van der Waals surface area (Å²) in [7, 11) is 1.88. The van der Waals surface area contributed by atoms with Crippen LogP contribution in [0, 0.1) is 16.7 Å². The van der Waals surface area contributed by atoms with Crippen LogP contribution in [0.25, 0.3) is 5.57 Å². The van der Waals surface area contributed by atoms with Crippen molar-refractivity contribution in [2.75, 3.05) is 12.4 Å². The Labute approximate surface area is 122 Å². The fraction of sp³-hybridized carbons (Fsp3) is 0.389. The van der Waals surface area contributed by atoms with Crippen molar-refractivity contribution in [3.8, 4) is 0 Å². The van der Waals surface area contributed by atoms with E-state index < -0.39 is 0 Å². The molecule has 0 heterocycles. The van der Waals surface area contributed by atoms with Crippen molar-refractivity contribution in [1.82, 2.24) is 0 Å². The van der Waals surface area contributed by atoms with E-state index in [1.165, 1.54) is 17.4 Å². The molecule has 1 unspecified atom stereocenters. The summed E-state index contributed by atoms with van der Waals surface area (Å²) in [5.41, 5.74) is 4.69. The van der Waals surface area contributed by atoms with E-state index in [1.54, 1.807) is 0 Å². The van der Waals surface area contributed by atoms with Gasteiger partial charge in [0.1, 0.15) is 0 Å². The van der Waals surface area contributed by atoms with Gasteiger partial charge in [-0.1, -0.05) is 45.1 Å². The molecule has 0 aliphatic heterocycles. The van der Waals surface area contributed by atoms with Crippen molar-refractivity contribution in [3.63, 3.8) is 0 Å². The molecule has 0 amide bonds. The van der Waals surface area contributed by atoms with Crippen molar-refractivity contribution in [2.24, 2.45) is 11.3 Å². The third-order valence-corrected chi connectivity index (χ3v) is 4.02. The topological polar surface area (TPSA) is 35.9 Å². The van der Waals surface area contributed by atoms with E-state index in [2.05, 4.69) is 56.4 Å². The van der Waals surface area contributed by atoms with Crippen LogP contribution in [0.1, 0.15) is 38.3 Å². The normalized spacial score (nSPS) is 18.6. The molecule has 1 aromatic rings. The van der Waals surface area contributed by atoms with Crippen LogP contribution in [0.2, 0.25) is 0 Å². The lowest BCUT2D eigenvalue weighted by molar-refractivity contribution is 0.294. The van der Waals surface area contributed by atoms with Crippen molar-refractivity contribution >= 4 is 17.5 Å². The first kappa shape index (κ1) is 14.6. The zero-order chi connectivity index (χ0) is 14.8. The van der Waals surface area contributed by atoms with Gasteiger partial charge >= 0.3 is 0 Å². The molecule has 1 aromatic carbocycles. The molecule has 2 heteroatoms. The quantitative estimate of drug-likeness (QED) is 0.764. The van der Waals surface area contributed by atoms with Gasteiger partial charge in [0.05, 0.1) is 0 Å². The predicted octanol–water partition coefficient (Wildman–Crippen LogP) is 4.73. The third-order valence-electron chi connectivity index (χ3n) is 4.02. The average Bonchev–Trinajstić information content (AvgIpc) is 2.45. The molecule has 0 aromatic heterocycles. The van der Waals surface area contributed by atoms with E-state index in [0.717, 1.165) is 17.7 Å². The van der Waals surface area contributed by atoms with Crippen LogP contribution < -0.4 is 5.32 Å². The van der Waals surface area contributed by atoms with Crippen LogP contribution in [0.4, 0.5) is 5.69 Å². The number of nitrogens with one attached hydrogen (secondary N) is 2. The van der Waals surface area contributed by atoms with Crippen molar-refractivity contribution in [1.29, 1.82) is 5.41 Å². The predicted molar refractivity (Wildman–Crippen MR) is 88.6 cm³/mol. The van der Waals surface area contributed by atoms with Gasteiger partial charge in [-0.05, 0) is 41.0 Å². The fourth-order valence-corrected chi connectivity index (χ4v) is 2.57. The molecule has 2 nitrogen and oxygen atoms in total. The zero-order valence-corrected chi connectivity index (χ0v) is 12.8. The minimum absolute atomic E-state index is 0.314. The number of allylic oxidation sites excluding steroid dienone is 4. The smallest absolute Gasteiger partial charge is 0.0426 e. The summed E-state index contributed by atoms with van der Waals surface area (Å²) in [5, 5.41) is 10.6. The van der Waals surface area contributed by atoms with Gasteiger partial charge < -0.3 is 10.7 Å². The van der Waals surface area contributed by atoms with Crippen molar-refractivity contribution in [3.05, 3.63) is 47.6 Å². The number of hydrogen-bond acceptors (Lipinski definition) is 2. The third kappa shape index (κ3) is 3.01. The largest absolute Gasteiger partial charge is 0.388 e. The Hall–Kier alpha value is -1.83. The van der Waals surface area contributed by atoms with E-state index in [4.69, 9.17) is 5.41 Å². The van der Waals surface area contributed by atoms with Crippen LogP contribution in [-0.2, 0) is 0 Å². The molecule has 1 aliphatic carbocycles. The standard InChI is InChI=1S/C18H24N2/c1-18(2,3)16-8-5-13(6-9-16)14-7-10-17(20-4)15(11-14)12-19/h5-8,10-12,16,19-20H,9H2,1-4H3. The van der Waals surface area contributed by atoms with Crippen LogP contribution >= 0.6 is 0 Å². The summed E-state index contributed by atoms with van der Waals surface area (Å²) in [6.45, 7) is 6.86. The van der Waals surface area contributed by atoms with Crippen molar-refractivity contribution < 1.29 is 0 Å². The molecule has 0 bridgehead atoms. The second-order valence-corrected chi connectivity index (χ2v) is 6.42. The summed E-state index contributed by atoms with van der Waals surface area (Å²) >= 11 is 0. The molecule has 0 saturated heterocycles. The molecule has 1 aliphatic rings. The minimum Gasteiger partial charge on any atom is -0.388 e. The van der Waals surface area contributed by atoms with Gasteiger partial charge in [-0.2, -0.15) is 0 Å². The fourth-order valence-electron chi connectivity index (χ4n) is 2.57. The first-order chi connectivity index (χ1) is 9.45. The lowest BCUT2D eigenvalue weighted by Gasteiger charge is -2.29. The SMILES string of the molecule is CNc1ccc(C2=CCC(C(C)(C)C)C=C2)cc1C=N. The van der Waals surface area contributed by atoms with E-state index in [0.29, 0.717) is 11.3 Å². The lowest BCUT2D eigenvalue weighted by atomic mass is 9.76. The van der Waals surface area contributed by atoms with Crippen LogP contribution in [0.15, 0.2) is 36.4 Å². The van der Waals surface area contributed by atoms with E-state index >= 15 is 0 Å². The lowest BCUT2D eigenvalue weighted by Crippen LogP contribution is -2.19. The van der Waals surface area contributed by atoms with Crippen LogP contribution in [-0.4, -0.2) is 13.3 Å². The first-order valence-electron chi connectivity index (χ1n) is 7.16. The Morgan fingerprint density at radius 2 is 2.05 bits per heavy atom. The molecule has 106 valence electrons. The number of benzene rings is 1. The molecule has 2 rings (SSSR count). The van der Waals surface area contributed by atoms with Gasteiger partial charge in [0.2, 0.25) is 0 Å². The summed E-state index contributed by atoms with van der Waals surface area (Å²) in [6.07, 6.45) is 9.36. The molecular weight excluding hydrogens is 244 g/mol. The summed E-state index contributed by atoms with van der Waals surface area (Å²) < 4.78 is 0. The molecule has 0 saturated carbocycles. The highest BCUT2D eigenvalue weighted by Gasteiger charge is 2.23. The highest BCUT2D eigenvalue weighted by Crippen LogP contribution is 2.35. The summed E-state index contributed by atoms with van der Waals surface area (Å²) in [4.78, 5) is 0. The summed E-state index contributed by atoms with van der Waals surface area (Å²) in [6, 6.07) is 6.24. The van der Waals surface area contributed by atoms with Crippen LogP contribution in [0.5, 0.6) is 0 Å². The highest BCUT2D eigenvalue weighted by atomic mass is 14.8. The maximum atomic E-state index is 7.51. The Morgan fingerprint density at radius 1 is 1.30 bits per heavy atom. The van der Waals surface area contributed by atoms with Gasteiger partial charge in [0, 0.05) is 24.5 Å². The van der Waals surface area contributed by atoms with Gasteiger partial charge in [-0.15, -0.1) is 0 Å². The molecule has 0 radical (unpaired) electrons. The van der Waals surface area contributed by atoms with E-state index in [-0.39, 0.29) is 0 Å². The monoisotopic (exact) mass is 268 g/mol. The first-order valence-corrected chi connectivity index (χ1v) is 7.16. The Bertz CT molecular complexity index is 559. The Kier molecular flexibility index (Phi) is 4.12. The van der Waals surface area contributed by atoms with Gasteiger partial charge in [-0.3, -0.25) is 0 Å². The van der Waals surface area contributed by atoms with E-state index in [9.17, 15) is 0 Å². The minimum atomic E-state index is 0.314. The Morgan fingerprint density at radius 3 is 2.55 bits per heavy atom. The Balaban J connectivity index is 2.25. The summed E-state index contributed by atoms with van der Waals surface area (Å²) in [5.74, 6) is 0.602. The van der Waals surface area contributed by atoms with Crippen LogP contribution in [0.3, 0.4) is 0 Å². The second kappa shape index (κ2) is 5.66. The molecule has 0 fully saturated rings. The van der Waals surface area contributed by atoms with E-state index in [1.807, 2.05) is 13.1 Å².